The van der Waals surface area contributed by atoms with Gasteiger partial charge in [-0.15, -0.1) is 0 Å². The molecule has 7 heteroatoms. The smallest absolute Gasteiger partial charge is 0.407 e. The van der Waals surface area contributed by atoms with E-state index in [0.717, 1.165) is 30.4 Å². The van der Waals surface area contributed by atoms with Crippen molar-refractivity contribution in [1.29, 1.82) is 0 Å². The van der Waals surface area contributed by atoms with Crippen LogP contribution in [0.5, 0.6) is 0 Å². The molecule has 2 aromatic carbocycles. The lowest BCUT2D eigenvalue weighted by Crippen LogP contribution is -2.46. The van der Waals surface area contributed by atoms with Crippen LogP contribution in [0.2, 0.25) is 0 Å². The van der Waals surface area contributed by atoms with E-state index in [1.165, 1.54) is 16.0 Å². The van der Waals surface area contributed by atoms with Crippen LogP contribution < -0.4 is 5.32 Å². The number of hydrogen-bond donors (Lipinski definition) is 2. The molecule has 0 heterocycles. The highest BCUT2D eigenvalue weighted by Crippen LogP contribution is 2.45. The Hall–Kier alpha value is -3.35. The van der Waals surface area contributed by atoms with Gasteiger partial charge in [0.2, 0.25) is 5.91 Å². The fourth-order valence-electron chi connectivity index (χ4n) is 4.85. The van der Waals surface area contributed by atoms with E-state index in [-0.39, 0.29) is 36.8 Å². The molecule has 0 spiro atoms. The lowest BCUT2D eigenvalue weighted by atomic mass is 9.66. The zero-order chi connectivity index (χ0) is 23.4. The van der Waals surface area contributed by atoms with Crippen molar-refractivity contribution in [2.45, 2.75) is 38.0 Å². The van der Waals surface area contributed by atoms with E-state index in [1.54, 1.807) is 7.05 Å². The largest absolute Gasteiger partial charge is 0.481 e. The van der Waals surface area contributed by atoms with Crippen molar-refractivity contribution >= 4 is 18.0 Å². The Kier molecular flexibility index (Phi) is 6.67. The SMILES string of the molecule is CN(CCC(=O)O)C(=O)CC1(CNC(=O)OCC2c3ccccc3-c3ccccc32)CCC1. The number of amides is 2. The first-order chi connectivity index (χ1) is 15.9. The van der Waals surface area contributed by atoms with Gasteiger partial charge in [-0.1, -0.05) is 55.0 Å². The van der Waals surface area contributed by atoms with Crippen LogP contribution >= 0.6 is 0 Å². The Morgan fingerprint density at radius 3 is 2.21 bits per heavy atom. The minimum Gasteiger partial charge on any atom is -0.481 e. The average Bonchev–Trinajstić information content (AvgIpc) is 3.11. The number of nitrogens with one attached hydrogen (secondary N) is 1. The first-order valence-electron chi connectivity index (χ1n) is 11.4. The van der Waals surface area contributed by atoms with Crippen LogP contribution in [0.1, 0.15) is 49.1 Å². The van der Waals surface area contributed by atoms with Crippen LogP contribution in [0.4, 0.5) is 4.79 Å². The molecule has 0 unspecified atom stereocenters. The highest BCUT2D eigenvalue weighted by Gasteiger charge is 2.40. The molecule has 2 aromatic rings. The van der Waals surface area contributed by atoms with E-state index in [1.807, 2.05) is 24.3 Å². The second-order valence-corrected chi connectivity index (χ2v) is 9.17. The molecule has 2 aliphatic rings. The summed E-state index contributed by atoms with van der Waals surface area (Å²) in [4.78, 5) is 37.3. The number of carboxylic acids is 1. The summed E-state index contributed by atoms with van der Waals surface area (Å²) in [6.45, 7) is 0.815. The molecule has 0 aliphatic heterocycles. The molecule has 0 aromatic heterocycles. The Balaban J connectivity index is 1.30. The van der Waals surface area contributed by atoms with E-state index in [0.29, 0.717) is 13.0 Å². The maximum atomic E-state index is 12.5. The molecule has 7 nitrogen and oxygen atoms in total. The zero-order valence-electron chi connectivity index (χ0n) is 18.9. The van der Waals surface area contributed by atoms with Crippen LogP contribution in [-0.2, 0) is 14.3 Å². The van der Waals surface area contributed by atoms with E-state index >= 15 is 0 Å². The third kappa shape index (κ3) is 5.02. The second kappa shape index (κ2) is 9.65. The summed E-state index contributed by atoms with van der Waals surface area (Å²) < 4.78 is 5.61. The molecule has 0 saturated heterocycles. The minimum absolute atomic E-state index is 0.00488. The van der Waals surface area contributed by atoms with Crippen LogP contribution in [0, 0.1) is 5.41 Å². The molecule has 174 valence electrons. The van der Waals surface area contributed by atoms with E-state index in [2.05, 4.69) is 29.6 Å². The van der Waals surface area contributed by atoms with Gasteiger partial charge in [-0.3, -0.25) is 9.59 Å². The number of rotatable bonds is 9. The Labute approximate surface area is 193 Å². The maximum absolute atomic E-state index is 12.5. The van der Waals surface area contributed by atoms with Gasteiger partial charge in [0.25, 0.3) is 0 Å². The molecule has 2 N–H and O–H groups in total. The highest BCUT2D eigenvalue weighted by atomic mass is 16.5. The maximum Gasteiger partial charge on any atom is 0.407 e. The van der Waals surface area contributed by atoms with Crippen molar-refractivity contribution < 1.29 is 24.2 Å². The molecule has 2 aliphatic carbocycles. The number of aliphatic carboxylic acids is 1. The van der Waals surface area contributed by atoms with Crippen molar-refractivity contribution in [3.63, 3.8) is 0 Å². The van der Waals surface area contributed by atoms with Gasteiger partial charge >= 0.3 is 12.1 Å². The monoisotopic (exact) mass is 450 g/mol. The number of carbonyl (C=O) groups is 3. The second-order valence-electron chi connectivity index (χ2n) is 9.17. The zero-order valence-corrected chi connectivity index (χ0v) is 18.9. The Morgan fingerprint density at radius 2 is 1.67 bits per heavy atom. The van der Waals surface area contributed by atoms with Gasteiger partial charge in [-0.05, 0) is 40.5 Å². The number of carboxylic acid groups (broad SMARTS) is 1. The van der Waals surface area contributed by atoms with Gasteiger partial charge < -0.3 is 20.1 Å². The lowest BCUT2D eigenvalue weighted by molar-refractivity contribution is -0.139. The van der Waals surface area contributed by atoms with Gasteiger partial charge in [0.05, 0.1) is 6.42 Å². The van der Waals surface area contributed by atoms with Crippen molar-refractivity contribution in [2.75, 3.05) is 26.7 Å². The number of benzene rings is 2. The molecular weight excluding hydrogens is 420 g/mol. The van der Waals surface area contributed by atoms with Gasteiger partial charge in [0, 0.05) is 32.5 Å². The molecule has 0 bridgehead atoms. The number of carbonyl (C=O) groups excluding carboxylic acids is 2. The van der Waals surface area contributed by atoms with E-state index in [9.17, 15) is 14.4 Å². The fourth-order valence-corrected chi connectivity index (χ4v) is 4.85. The first-order valence-corrected chi connectivity index (χ1v) is 11.4. The third-order valence-electron chi connectivity index (χ3n) is 6.98. The summed E-state index contributed by atoms with van der Waals surface area (Å²) in [5.41, 5.74) is 4.41. The van der Waals surface area contributed by atoms with Gasteiger partial charge in [0.15, 0.2) is 0 Å². The molecular formula is C26H30N2O5. The molecule has 0 radical (unpaired) electrons. The number of ether oxygens (including phenoxy) is 1. The summed E-state index contributed by atoms with van der Waals surface area (Å²) in [6, 6.07) is 16.4. The summed E-state index contributed by atoms with van der Waals surface area (Å²) in [7, 11) is 1.62. The van der Waals surface area contributed by atoms with Crippen LogP contribution in [-0.4, -0.2) is 54.7 Å². The molecule has 33 heavy (non-hydrogen) atoms. The van der Waals surface area contributed by atoms with Crippen LogP contribution in [0.15, 0.2) is 48.5 Å². The summed E-state index contributed by atoms with van der Waals surface area (Å²) in [5, 5.41) is 11.7. The summed E-state index contributed by atoms with van der Waals surface area (Å²) in [5.74, 6) is -1.01. The van der Waals surface area contributed by atoms with Crippen molar-refractivity contribution in [1.82, 2.24) is 10.2 Å². The predicted octanol–water partition coefficient (Wildman–Crippen LogP) is 4.02. The normalized spacial score (nSPS) is 15.7. The fraction of sp³-hybridized carbons (Fsp3) is 0.423. The Bertz CT molecular complexity index is 1000. The molecule has 0 atom stereocenters. The number of hydrogen-bond acceptors (Lipinski definition) is 4. The lowest BCUT2D eigenvalue weighted by Gasteiger charge is -2.42. The topological polar surface area (TPSA) is 95.9 Å². The average molecular weight is 451 g/mol. The van der Waals surface area contributed by atoms with Crippen LogP contribution in [0.25, 0.3) is 11.1 Å². The quantitative estimate of drug-likeness (QED) is 0.602. The van der Waals surface area contributed by atoms with Crippen molar-refractivity contribution in [3.05, 3.63) is 59.7 Å². The predicted molar refractivity (Wildman–Crippen MR) is 124 cm³/mol. The van der Waals surface area contributed by atoms with Gasteiger partial charge in [0.1, 0.15) is 6.61 Å². The number of fused-ring (bicyclic) bond motifs is 3. The standard InChI is InChI=1S/C26H30N2O5/c1-28(14-11-24(30)31)23(29)15-26(12-6-13-26)17-27-25(32)33-16-22-20-9-4-2-7-18(20)19-8-3-5-10-21(19)22/h2-5,7-10,22H,6,11-17H2,1H3,(H,27,32)(H,30,31). The van der Waals surface area contributed by atoms with E-state index < -0.39 is 12.1 Å². The minimum atomic E-state index is -0.926. The van der Waals surface area contributed by atoms with Crippen LogP contribution in [0.3, 0.4) is 0 Å². The van der Waals surface area contributed by atoms with Crippen molar-refractivity contribution in [3.8, 4) is 11.1 Å². The van der Waals surface area contributed by atoms with Gasteiger partial charge in [-0.2, -0.15) is 0 Å². The molecule has 1 saturated carbocycles. The summed E-state index contributed by atoms with van der Waals surface area (Å²) in [6.07, 6.45) is 2.47. The summed E-state index contributed by atoms with van der Waals surface area (Å²) >= 11 is 0. The highest BCUT2D eigenvalue weighted by molar-refractivity contribution is 5.79. The molecule has 4 rings (SSSR count). The number of nitrogens with zero attached hydrogens (tertiary/aromatic N) is 1. The van der Waals surface area contributed by atoms with Crippen molar-refractivity contribution in [2.24, 2.45) is 5.41 Å². The van der Waals surface area contributed by atoms with Gasteiger partial charge in [-0.25, -0.2) is 4.79 Å². The third-order valence-corrected chi connectivity index (χ3v) is 6.98. The van der Waals surface area contributed by atoms with E-state index in [4.69, 9.17) is 9.84 Å². The first kappa shape index (κ1) is 22.8. The molecule has 1 fully saturated rings. The number of alkyl carbamates (subject to hydrolysis) is 1. The molecule has 2 amide bonds. The Morgan fingerprint density at radius 1 is 1.06 bits per heavy atom.